The van der Waals surface area contributed by atoms with Gasteiger partial charge >= 0.3 is 0 Å². The highest BCUT2D eigenvalue weighted by molar-refractivity contribution is 7.09. The molecule has 114 valence electrons. The van der Waals surface area contributed by atoms with Gasteiger partial charge in [-0.1, -0.05) is 25.8 Å². The highest BCUT2D eigenvalue weighted by atomic mass is 32.1. The Bertz CT molecular complexity index is 376. The van der Waals surface area contributed by atoms with Crippen LogP contribution in [-0.2, 0) is 6.42 Å². The maximum Gasteiger partial charge on any atom is 0.0246 e. The fourth-order valence-electron chi connectivity index (χ4n) is 3.71. The number of hydrogen-bond donors (Lipinski definition) is 1. The molecule has 20 heavy (non-hydrogen) atoms. The molecule has 0 aromatic carbocycles. The summed E-state index contributed by atoms with van der Waals surface area (Å²) in [6, 6.07) is 5.51. The summed E-state index contributed by atoms with van der Waals surface area (Å²) in [5.74, 6) is 1.67. The SMILES string of the molecule is CC1CCCC(C(CN)N(C)C(C)Cc2cccs2)C1. The van der Waals surface area contributed by atoms with Gasteiger partial charge in [-0.25, -0.2) is 0 Å². The topological polar surface area (TPSA) is 29.3 Å². The highest BCUT2D eigenvalue weighted by Gasteiger charge is 2.30. The van der Waals surface area contributed by atoms with E-state index in [1.807, 2.05) is 11.3 Å². The lowest BCUT2D eigenvalue weighted by Gasteiger charge is -2.40. The Hall–Kier alpha value is -0.380. The molecule has 0 spiro atoms. The molecular formula is C17H30N2S. The van der Waals surface area contributed by atoms with Crippen LogP contribution >= 0.6 is 11.3 Å². The van der Waals surface area contributed by atoms with Gasteiger partial charge in [-0.3, -0.25) is 4.90 Å². The van der Waals surface area contributed by atoms with Crippen molar-refractivity contribution in [1.29, 1.82) is 0 Å². The van der Waals surface area contributed by atoms with Gasteiger partial charge in [-0.15, -0.1) is 11.3 Å². The van der Waals surface area contributed by atoms with Crippen LogP contribution in [0.1, 0.15) is 44.4 Å². The minimum Gasteiger partial charge on any atom is -0.329 e. The van der Waals surface area contributed by atoms with Crippen molar-refractivity contribution in [2.75, 3.05) is 13.6 Å². The first-order valence-corrected chi connectivity index (χ1v) is 8.94. The molecule has 0 amide bonds. The lowest BCUT2D eigenvalue weighted by atomic mass is 9.78. The summed E-state index contributed by atoms with van der Waals surface area (Å²) in [4.78, 5) is 4.03. The Kier molecular flexibility index (Phi) is 6.06. The number of hydrogen-bond acceptors (Lipinski definition) is 3. The van der Waals surface area contributed by atoms with E-state index in [2.05, 4.69) is 43.3 Å². The number of likely N-dealkylation sites (N-methyl/N-ethyl adjacent to an activating group) is 1. The van der Waals surface area contributed by atoms with E-state index in [-0.39, 0.29) is 0 Å². The first-order valence-electron chi connectivity index (χ1n) is 8.06. The summed E-state index contributed by atoms with van der Waals surface area (Å²) in [5.41, 5.74) is 6.12. The molecule has 2 nitrogen and oxygen atoms in total. The van der Waals surface area contributed by atoms with Crippen LogP contribution in [-0.4, -0.2) is 30.6 Å². The van der Waals surface area contributed by atoms with Crippen molar-refractivity contribution >= 4 is 11.3 Å². The third kappa shape index (κ3) is 4.06. The van der Waals surface area contributed by atoms with E-state index >= 15 is 0 Å². The van der Waals surface area contributed by atoms with E-state index < -0.39 is 0 Å². The summed E-state index contributed by atoms with van der Waals surface area (Å²) in [5, 5.41) is 2.17. The van der Waals surface area contributed by atoms with Gasteiger partial charge < -0.3 is 5.73 Å². The van der Waals surface area contributed by atoms with Crippen LogP contribution in [0.25, 0.3) is 0 Å². The van der Waals surface area contributed by atoms with Crippen LogP contribution in [0.4, 0.5) is 0 Å². The average molecular weight is 295 g/mol. The standard InChI is InChI=1S/C17H30N2S/c1-13-6-4-7-15(10-13)17(12-18)19(3)14(2)11-16-8-5-9-20-16/h5,8-9,13-15,17H,4,6-7,10-12,18H2,1-3H3. The molecule has 0 saturated heterocycles. The minimum atomic E-state index is 0.549. The van der Waals surface area contributed by atoms with Gasteiger partial charge in [0.25, 0.3) is 0 Å². The summed E-state index contributed by atoms with van der Waals surface area (Å²) < 4.78 is 0. The van der Waals surface area contributed by atoms with Crippen molar-refractivity contribution in [3.63, 3.8) is 0 Å². The molecule has 1 fully saturated rings. The monoisotopic (exact) mass is 294 g/mol. The molecule has 0 aliphatic heterocycles. The highest BCUT2D eigenvalue weighted by Crippen LogP contribution is 2.33. The zero-order valence-corrected chi connectivity index (χ0v) is 14.0. The van der Waals surface area contributed by atoms with Crippen LogP contribution < -0.4 is 5.73 Å². The quantitative estimate of drug-likeness (QED) is 0.865. The number of thiophene rings is 1. The Balaban J connectivity index is 1.95. The second-order valence-electron chi connectivity index (χ2n) is 6.63. The molecule has 2 rings (SSSR count). The van der Waals surface area contributed by atoms with Gasteiger partial charge in [0, 0.05) is 23.5 Å². The second-order valence-corrected chi connectivity index (χ2v) is 7.67. The van der Waals surface area contributed by atoms with Gasteiger partial charge in [0.15, 0.2) is 0 Å². The molecule has 4 atom stereocenters. The molecule has 0 radical (unpaired) electrons. The van der Waals surface area contributed by atoms with Crippen LogP contribution in [0, 0.1) is 11.8 Å². The zero-order valence-electron chi connectivity index (χ0n) is 13.2. The van der Waals surface area contributed by atoms with E-state index in [0.29, 0.717) is 12.1 Å². The number of nitrogens with two attached hydrogens (primary N) is 1. The van der Waals surface area contributed by atoms with E-state index in [1.165, 1.54) is 30.6 Å². The first kappa shape index (κ1) is 16.0. The Morgan fingerprint density at radius 2 is 2.25 bits per heavy atom. The smallest absolute Gasteiger partial charge is 0.0246 e. The molecule has 1 aliphatic carbocycles. The van der Waals surface area contributed by atoms with Crippen molar-refractivity contribution in [3.05, 3.63) is 22.4 Å². The minimum absolute atomic E-state index is 0.549. The van der Waals surface area contributed by atoms with Crippen molar-refractivity contribution in [2.24, 2.45) is 17.6 Å². The molecular weight excluding hydrogens is 264 g/mol. The summed E-state index contributed by atoms with van der Waals surface area (Å²) in [6.07, 6.45) is 6.66. The number of nitrogens with zero attached hydrogens (tertiary/aromatic N) is 1. The van der Waals surface area contributed by atoms with Gasteiger partial charge in [0.05, 0.1) is 0 Å². The Labute approximate surface area is 128 Å². The van der Waals surface area contributed by atoms with E-state index in [1.54, 1.807) is 0 Å². The van der Waals surface area contributed by atoms with Crippen LogP contribution in [0.3, 0.4) is 0 Å². The fourth-order valence-corrected chi connectivity index (χ4v) is 4.54. The normalized spacial score (nSPS) is 26.6. The zero-order chi connectivity index (χ0) is 14.5. The molecule has 1 saturated carbocycles. The van der Waals surface area contributed by atoms with Gasteiger partial charge in [0.2, 0.25) is 0 Å². The fraction of sp³-hybridized carbons (Fsp3) is 0.765. The van der Waals surface area contributed by atoms with Crippen LogP contribution in [0.5, 0.6) is 0 Å². The molecule has 3 heteroatoms. The number of rotatable bonds is 6. The summed E-state index contributed by atoms with van der Waals surface area (Å²) in [6.45, 7) is 5.53. The molecule has 2 N–H and O–H groups in total. The predicted molar refractivity (Wildman–Crippen MR) is 89.2 cm³/mol. The molecule has 1 aromatic heterocycles. The Morgan fingerprint density at radius 1 is 1.45 bits per heavy atom. The molecule has 1 heterocycles. The van der Waals surface area contributed by atoms with Crippen molar-refractivity contribution in [3.8, 4) is 0 Å². The molecule has 1 aliphatic rings. The molecule has 4 unspecified atom stereocenters. The van der Waals surface area contributed by atoms with E-state index in [0.717, 1.165) is 24.8 Å². The van der Waals surface area contributed by atoms with Crippen LogP contribution in [0.15, 0.2) is 17.5 Å². The lowest BCUT2D eigenvalue weighted by molar-refractivity contribution is 0.100. The van der Waals surface area contributed by atoms with Crippen molar-refractivity contribution in [1.82, 2.24) is 4.90 Å². The summed E-state index contributed by atoms with van der Waals surface area (Å²) in [7, 11) is 2.27. The average Bonchev–Trinajstić information content (AvgIpc) is 2.92. The third-order valence-electron chi connectivity index (χ3n) is 5.06. The van der Waals surface area contributed by atoms with Crippen LogP contribution in [0.2, 0.25) is 0 Å². The van der Waals surface area contributed by atoms with E-state index in [9.17, 15) is 0 Å². The van der Waals surface area contributed by atoms with E-state index in [4.69, 9.17) is 5.73 Å². The molecule has 0 bridgehead atoms. The first-order chi connectivity index (χ1) is 9.61. The third-order valence-corrected chi connectivity index (χ3v) is 5.96. The lowest BCUT2D eigenvalue weighted by Crippen LogP contribution is -2.49. The molecule has 1 aromatic rings. The van der Waals surface area contributed by atoms with Crippen molar-refractivity contribution in [2.45, 2.75) is 58.0 Å². The summed E-state index contributed by atoms with van der Waals surface area (Å²) >= 11 is 1.87. The Morgan fingerprint density at radius 3 is 2.85 bits per heavy atom. The maximum absolute atomic E-state index is 6.12. The van der Waals surface area contributed by atoms with Crippen molar-refractivity contribution < 1.29 is 0 Å². The second kappa shape index (κ2) is 7.58. The maximum atomic E-state index is 6.12. The largest absolute Gasteiger partial charge is 0.329 e. The predicted octanol–water partition coefficient (Wildman–Crippen LogP) is 3.76. The van der Waals surface area contributed by atoms with Gasteiger partial charge in [0.1, 0.15) is 0 Å². The van der Waals surface area contributed by atoms with Gasteiger partial charge in [-0.05, 0) is 56.5 Å². The van der Waals surface area contributed by atoms with Gasteiger partial charge in [-0.2, -0.15) is 0 Å².